The Kier molecular flexibility index (Phi) is 3.93. The van der Waals surface area contributed by atoms with E-state index in [2.05, 4.69) is 17.1 Å². The molecule has 3 aromatic carbocycles. The molecule has 0 fully saturated rings. The van der Waals surface area contributed by atoms with Crippen molar-refractivity contribution in [1.29, 1.82) is 5.26 Å². The van der Waals surface area contributed by atoms with Crippen LogP contribution in [0.3, 0.4) is 0 Å². The van der Waals surface area contributed by atoms with Crippen LogP contribution in [0.25, 0.3) is 32.6 Å². The van der Waals surface area contributed by atoms with E-state index in [9.17, 15) is 5.26 Å². The van der Waals surface area contributed by atoms with Crippen LogP contribution in [0, 0.1) is 11.3 Å². The first-order valence-corrected chi connectivity index (χ1v) is 8.64. The Morgan fingerprint density at radius 2 is 1.88 bits per heavy atom. The molecule has 3 nitrogen and oxygen atoms in total. The second kappa shape index (κ2) is 6.39. The van der Waals surface area contributed by atoms with Crippen LogP contribution in [-0.2, 0) is 0 Å². The average Bonchev–Trinajstić information content (AvgIpc) is 3.09. The number of aromatic nitrogens is 1. The van der Waals surface area contributed by atoms with Gasteiger partial charge < -0.3 is 4.74 Å². The van der Waals surface area contributed by atoms with Gasteiger partial charge in [0.1, 0.15) is 16.8 Å². The summed E-state index contributed by atoms with van der Waals surface area (Å²) in [5, 5.41) is 12.5. The summed E-state index contributed by atoms with van der Waals surface area (Å²) in [7, 11) is 1.66. The second-order valence-electron chi connectivity index (χ2n) is 5.63. The number of hydrogen-bond donors (Lipinski definition) is 0. The fraction of sp³-hybridized carbons (Fsp3) is 0.0476. The van der Waals surface area contributed by atoms with E-state index in [4.69, 9.17) is 4.74 Å². The number of nitrogens with zero attached hydrogens (tertiary/aromatic N) is 2. The van der Waals surface area contributed by atoms with E-state index in [0.29, 0.717) is 5.57 Å². The normalized spacial score (nSPS) is 11.6. The molecule has 1 aromatic heterocycles. The first-order chi connectivity index (χ1) is 12.3. The van der Waals surface area contributed by atoms with Crippen molar-refractivity contribution >= 4 is 44.0 Å². The number of rotatable bonds is 3. The van der Waals surface area contributed by atoms with Gasteiger partial charge in [-0.3, -0.25) is 0 Å². The van der Waals surface area contributed by atoms with Gasteiger partial charge in [-0.05, 0) is 52.7 Å². The van der Waals surface area contributed by atoms with Gasteiger partial charge in [-0.15, -0.1) is 11.3 Å². The zero-order valence-electron chi connectivity index (χ0n) is 13.6. The van der Waals surface area contributed by atoms with Crippen molar-refractivity contribution in [3.05, 3.63) is 71.2 Å². The number of para-hydroxylation sites is 1. The van der Waals surface area contributed by atoms with E-state index >= 15 is 0 Å². The topological polar surface area (TPSA) is 45.9 Å². The average molecular weight is 342 g/mol. The van der Waals surface area contributed by atoms with Gasteiger partial charge in [0.15, 0.2) is 0 Å². The van der Waals surface area contributed by atoms with Crippen LogP contribution in [0.2, 0.25) is 0 Å². The van der Waals surface area contributed by atoms with Gasteiger partial charge in [0.25, 0.3) is 0 Å². The van der Waals surface area contributed by atoms with Crippen LogP contribution < -0.4 is 4.74 Å². The summed E-state index contributed by atoms with van der Waals surface area (Å²) in [5.41, 5.74) is 2.48. The Hall–Kier alpha value is -3.16. The Morgan fingerprint density at radius 1 is 1.08 bits per heavy atom. The van der Waals surface area contributed by atoms with Gasteiger partial charge in [0.05, 0.1) is 22.9 Å². The van der Waals surface area contributed by atoms with Crippen LogP contribution in [-0.4, -0.2) is 12.1 Å². The molecule has 0 atom stereocenters. The molecule has 0 saturated heterocycles. The largest absolute Gasteiger partial charge is 0.497 e. The molecule has 0 aliphatic heterocycles. The number of allylic oxidation sites excluding steroid dienone is 1. The molecule has 25 heavy (non-hydrogen) atoms. The van der Waals surface area contributed by atoms with Gasteiger partial charge in [-0.2, -0.15) is 5.26 Å². The van der Waals surface area contributed by atoms with Crippen molar-refractivity contribution in [3.8, 4) is 11.8 Å². The molecule has 0 radical (unpaired) electrons. The van der Waals surface area contributed by atoms with Crippen molar-refractivity contribution in [3.63, 3.8) is 0 Å². The highest BCUT2D eigenvalue weighted by Crippen LogP contribution is 2.29. The minimum atomic E-state index is 0.578. The van der Waals surface area contributed by atoms with Gasteiger partial charge >= 0.3 is 0 Å². The van der Waals surface area contributed by atoms with E-state index in [1.165, 1.54) is 11.3 Å². The minimum absolute atomic E-state index is 0.578. The maximum Gasteiger partial charge on any atom is 0.135 e. The molecule has 0 amide bonds. The van der Waals surface area contributed by atoms with Crippen molar-refractivity contribution in [2.45, 2.75) is 0 Å². The van der Waals surface area contributed by atoms with Crippen molar-refractivity contribution < 1.29 is 4.74 Å². The highest BCUT2D eigenvalue weighted by Gasteiger charge is 2.08. The Balaban J connectivity index is 1.77. The predicted octanol–water partition coefficient (Wildman–Crippen LogP) is 5.52. The molecule has 4 rings (SSSR count). The third-order valence-electron chi connectivity index (χ3n) is 4.03. The number of thiazole rings is 1. The third kappa shape index (κ3) is 2.98. The smallest absolute Gasteiger partial charge is 0.135 e. The summed E-state index contributed by atoms with van der Waals surface area (Å²) in [5.74, 6) is 0.836. The minimum Gasteiger partial charge on any atom is -0.497 e. The van der Waals surface area contributed by atoms with Gasteiger partial charge in [-0.25, -0.2) is 4.98 Å². The lowest BCUT2D eigenvalue weighted by molar-refractivity contribution is 0.415. The standard InChI is InChI=1S/C21H14N2OS/c1-24-18-9-8-15-10-14(6-7-16(15)12-18)11-17(13-22)21-23-19-4-2-3-5-20(19)25-21/h2-12H,1H3. The third-order valence-corrected chi connectivity index (χ3v) is 5.10. The van der Waals surface area contributed by atoms with E-state index in [-0.39, 0.29) is 0 Å². The molecular weight excluding hydrogens is 328 g/mol. The van der Waals surface area contributed by atoms with E-state index in [1.54, 1.807) is 7.11 Å². The summed E-state index contributed by atoms with van der Waals surface area (Å²) < 4.78 is 6.35. The molecule has 0 aliphatic carbocycles. The zero-order chi connectivity index (χ0) is 17.2. The summed E-state index contributed by atoms with van der Waals surface area (Å²) in [6.07, 6.45) is 1.89. The Morgan fingerprint density at radius 3 is 2.68 bits per heavy atom. The maximum atomic E-state index is 9.58. The molecule has 0 spiro atoms. The Labute approximate surface area is 149 Å². The first-order valence-electron chi connectivity index (χ1n) is 7.82. The lowest BCUT2D eigenvalue weighted by Gasteiger charge is -2.03. The van der Waals surface area contributed by atoms with Crippen LogP contribution in [0.5, 0.6) is 5.75 Å². The molecule has 4 aromatic rings. The maximum absolute atomic E-state index is 9.58. The highest BCUT2D eigenvalue weighted by atomic mass is 32.1. The molecule has 0 bridgehead atoms. The number of benzene rings is 3. The number of methoxy groups -OCH3 is 1. The molecule has 0 unspecified atom stereocenters. The lowest BCUT2D eigenvalue weighted by Crippen LogP contribution is -1.84. The molecule has 1 heterocycles. The molecule has 4 heteroatoms. The summed E-state index contributed by atoms with van der Waals surface area (Å²) >= 11 is 1.54. The van der Waals surface area contributed by atoms with E-state index in [1.807, 2.05) is 60.7 Å². The quantitative estimate of drug-likeness (QED) is 0.460. The number of nitriles is 1. The summed E-state index contributed by atoms with van der Waals surface area (Å²) in [6, 6.07) is 22.3. The molecule has 0 aliphatic rings. The summed E-state index contributed by atoms with van der Waals surface area (Å²) in [4.78, 5) is 4.58. The van der Waals surface area contributed by atoms with Crippen LogP contribution in [0.1, 0.15) is 10.6 Å². The van der Waals surface area contributed by atoms with Crippen LogP contribution >= 0.6 is 11.3 Å². The predicted molar refractivity (Wildman–Crippen MR) is 104 cm³/mol. The zero-order valence-corrected chi connectivity index (χ0v) is 14.4. The highest BCUT2D eigenvalue weighted by molar-refractivity contribution is 7.19. The molecule has 0 N–H and O–H groups in total. The number of hydrogen-bond acceptors (Lipinski definition) is 4. The second-order valence-corrected chi connectivity index (χ2v) is 6.66. The SMILES string of the molecule is COc1ccc2cc(C=C(C#N)c3nc4ccccc4s3)ccc2c1. The van der Waals surface area contributed by atoms with Crippen molar-refractivity contribution in [2.75, 3.05) is 7.11 Å². The monoisotopic (exact) mass is 342 g/mol. The molecule has 0 saturated carbocycles. The van der Waals surface area contributed by atoms with E-state index in [0.717, 1.165) is 37.3 Å². The Bertz CT molecular complexity index is 1120. The lowest BCUT2D eigenvalue weighted by atomic mass is 10.0. The van der Waals surface area contributed by atoms with Gasteiger partial charge in [0, 0.05) is 0 Å². The molecular formula is C21H14N2OS. The van der Waals surface area contributed by atoms with Crippen LogP contribution in [0.15, 0.2) is 60.7 Å². The van der Waals surface area contributed by atoms with Crippen LogP contribution in [0.4, 0.5) is 0 Å². The van der Waals surface area contributed by atoms with Crippen molar-refractivity contribution in [2.24, 2.45) is 0 Å². The first kappa shape index (κ1) is 15.4. The van der Waals surface area contributed by atoms with Gasteiger partial charge in [0.2, 0.25) is 0 Å². The van der Waals surface area contributed by atoms with Gasteiger partial charge in [-0.1, -0.05) is 30.3 Å². The number of ether oxygens (including phenoxy) is 1. The fourth-order valence-corrected chi connectivity index (χ4v) is 3.69. The molecule has 120 valence electrons. The van der Waals surface area contributed by atoms with E-state index < -0.39 is 0 Å². The fourth-order valence-electron chi connectivity index (χ4n) is 2.75. The number of fused-ring (bicyclic) bond motifs is 2. The van der Waals surface area contributed by atoms with Crippen molar-refractivity contribution in [1.82, 2.24) is 4.98 Å². The summed E-state index contributed by atoms with van der Waals surface area (Å²) in [6.45, 7) is 0.